The zero-order chi connectivity index (χ0) is 15.0. The minimum Gasteiger partial charge on any atom is -0.508 e. The van der Waals surface area contributed by atoms with E-state index in [-0.39, 0.29) is 16.7 Å². The van der Waals surface area contributed by atoms with Gasteiger partial charge in [-0.25, -0.2) is 13.4 Å². The summed E-state index contributed by atoms with van der Waals surface area (Å²) in [6.07, 6.45) is 0. The van der Waals surface area contributed by atoms with E-state index in [2.05, 4.69) is 9.97 Å². The predicted molar refractivity (Wildman–Crippen MR) is 79.5 cm³/mol. The van der Waals surface area contributed by atoms with E-state index in [4.69, 9.17) is 5.73 Å². The maximum Gasteiger partial charge on any atom is 0.226 e. The third-order valence-electron chi connectivity index (χ3n) is 3.07. The fourth-order valence-corrected chi connectivity index (χ4v) is 3.30. The summed E-state index contributed by atoms with van der Waals surface area (Å²) in [7, 11) is -3.59. The number of nitrogens with one attached hydrogen (secondary N) is 1. The Kier molecular flexibility index (Phi) is 3.06. The van der Waals surface area contributed by atoms with Crippen LogP contribution in [-0.4, -0.2) is 23.5 Å². The predicted octanol–water partition coefficient (Wildman–Crippen LogP) is 1.82. The first-order chi connectivity index (χ1) is 9.94. The molecule has 0 aliphatic carbocycles. The topological polar surface area (TPSA) is 109 Å². The van der Waals surface area contributed by atoms with Crippen LogP contribution < -0.4 is 5.73 Å². The molecule has 4 N–H and O–H groups in total. The smallest absolute Gasteiger partial charge is 0.226 e. The molecule has 108 valence electrons. The number of nitrogens with zero attached hydrogens (tertiary/aromatic N) is 1. The van der Waals surface area contributed by atoms with Crippen molar-refractivity contribution in [2.24, 2.45) is 0 Å². The number of hydrogen-bond acceptors (Lipinski definition) is 5. The van der Waals surface area contributed by atoms with Crippen molar-refractivity contribution < 1.29 is 13.5 Å². The van der Waals surface area contributed by atoms with Crippen LogP contribution in [-0.2, 0) is 15.6 Å². The number of rotatable bonds is 3. The molecule has 0 spiro atoms. The molecule has 0 amide bonds. The average molecular weight is 303 g/mol. The van der Waals surface area contributed by atoms with E-state index in [1.54, 1.807) is 30.3 Å². The Morgan fingerprint density at radius 1 is 1.14 bits per heavy atom. The monoisotopic (exact) mass is 303 g/mol. The second kappa shape index (κ2) is 4.78. The summed E-state index contributed by atoms with van der Waals surface area (Å²) in [4.78, 5) is 6.87. The lowest BCUT2D eigenvalue weighted by Crippen LogP contribution is -2.06. The lowest BCUT2D eigenvalue weighted by atomic mass is 10.2. The first-order valence-electron chi connectivity index (χ1n) is 6.20. The largest absolute Gasteiger partial charge is 0.508 e. The Labute approximate surface area is 121 Å². The molecule has 0 aliphatic heterocycles. The summed E-state index contributed by atoms with van der Waals surface area (Å²) in [5.74, 6) is -0.0990. The van der Waals surface area contributed by atoms with Crippen molar-refractivity contribution in [3.63, 3.8) is 0 Å². The summed E-state index contributed by atoms with van der Waals surface area (Å²) in [5.41, 5.74) is 7.90. The summed E-state index contributed by atoms with van der Waals surface area (Å²) in [6.45, 7) is 0. The molecule has 6 nitrogen and oxygen atoms in total. The minimum atomic E-state index is -3.59. The second-order valence-electron chi connectivity index (χ2n) is 4.74. The van der Waals surface area contributed by atoms with E-state index in [1.165, 1.54) is 12.1 Å². The Hall–Kier alpha value is -2.54. The second-order valence-corrected chi connectivity index (χ2v) is 6.65. The highest BCUT2D eigenvalue weighted by Crippen LogP contribution is 2.20. The number of aromatic amines is 1. The van der Waals surface area contributed by atoms with E-state index in [0.29, 0.717) is 22.3 Å². The number of aromatic hydroxyl groups is 1. The van der Waals surface area contributed by atoms with Gasteiger partial charge in [-0.2, -0.15) is 0 Å². The molecule has 0 saturated heterocycles. The fraction of sp³-hybridized carbons (Fsp3) is 0.0714. The van der Waals surface area contributed by atoms with Gasteiger partial charge >= 0.3 is 0 Å². The van der Waals surface area contributed by atoms with Gasteiger partial charge < -0.3 is 15.8 Å². The molecule has 0 fully saturated rings. The highest BCUT2D eigenvalue weighted by atomic mass is 32.2. The van der Waals surface area contributed by atoms with Gasteiger partial charge in [-0.1, -0.05) is 12.1 Å². The molecule has 21 heavy (non-hydrogen) atoms. The molecule has 7 heteroatoms. The Balaban J connectivity index is 1.97. The first kappa shape index (κ1) is 13.4. The lowest BCUT2D eigenvalue weighted by Gasteiger charge is -2.01. The van der Waals surface area contributed by atoms with Gasteiger partial charge in [-0.05, 0) is 35.9 Å². The van der Waals surface area contributed by atoms with E-state index in [9.17, 15) is 13.5 Å². The normalized spacial score (nSPS) is 11.8. The van der Waals surface area contributed by atoms with Crippen molar-refractivity contribution in [2.45, 2.75) is 10.9 Å². The maximum absolute atomic E-state index is 12.4. The maximum atomic E-state index is 12.4. The third kappa shape index (κ3) is 2.68. The number of aromatic nitrogens is 2. The van der Waals surface area contributed by atoms with Gasteiger partial charge in [0.05, 0.1) is 16.8 Å². The van der Waals surface area contributed by atoms with Crippen LogP contribution in [0.1, 0.15) is 5.56 Å². The summed E-state index contributed by atoms with van der Waals surface area (Å²) < 4.78 is 24.7. The van der Waals surface area contributed by atoms with Crippen LogP contribution in [0.3, 0.4) is 0 Å². The molecular formula is C14H13N3O3S. The average Bonchev–Trinajstić information content (AvgIpc) is 2.85. The number of nitrogen functional groups attached to an aromatic ring is 1. The van der Waals surface area contributed by atoms with Gasteiger partial charge in [0.1, 0.15) is 5.75 Å². The first-order valence-corrected chi connectivity index (χ1v) is 7.85. The number of phenols is 1. The van der Waals surface area contributed by atoms with Crippen molar-refractivity contribution in [2.75, 3.05) is 5.73 Å². The molecule has 3 rings (SSSR count). The van der Waals surface area contributed by atoms with Crippen molar-refractivity contribution in [1.82, 2.24) is 9.97 Å². The highest BCUT2D eigenvalue weighted by molar-refractivity contribution is 7.90. The van der Waals surface area contributed by atoms with Crippen molar-refractivity contribution in [1.29, 1.82) is 0 Å². The highest BCUT2D eigenvalue weighted by Gasteiger charge is 2.20. The molecule has 2 aromatic carbocycles. The Morgan fingerprint density at radius 2 is 1.86 bits per heavy atom. The molecule has 0 unspecified atom stereocenters. The van der Waals surface area contributed by atoms with Gasteiger partial charge in [-0.3, -0.25) is 0 Å². The summed E-state index contributed by atoms with van der Waals surface area (Å²) in [5, 5.41) is 9.13. The van der Waals surface area contributed by atoms with E-state index in [1.807, 2.05) is 0 Å². The number of nitrogens with two attached hydrogens (primary N) is 1. The molecule has 3 aromatic rings. The van der Waals surface area contributed by atoms with Crippen LogP contribution in [0.4, 0.5) is 5.69 Å². The molecular weight excluding hydrogens is 290 g/mol. The Bertz CT molecular complexity index is 899. The number of fused-ring (bicyclic) bond motifs is 1. The van der Waals surface area contributed by atoms with Crippen molar-refractivity contribution in [3.05, 3.63) is 48.0 Å². The fourth-order valence-electron chi connectivity index (χ4n) is 2.03. The van der Waals surface area contributed by atoms with E-state index < -0.39 is 9.84 Å². The van der Waals surface area contributed by atoms with Gasteiger partial charge in [0, 0.05) is 5.69 Å². The number of benzene rings is 2. The number of phenolic OH excluding ortho intramolecular Hbond substituents is 1. The van der Waals surface area contributed by atoms with Crippen LogP contribution in [0.15, 0.2) is 47.6 Å². The third-order valence-corrected chi connectivity index (χ3v) is 4.57. The van der Waals surface area contributed by atoms with Gasteiger partial charge in [0.2, 0.25) is 15.0 Å². The van der Waals surface area contributed by atoms with Crippen LogP contribution in [0.2, 0.25) is 0 Å². The zero-order valence-corrected chi connectivity index (χ0v) is 11.8. The zero-order valence-electron chi connectivity index (χ0n) is 10.9. The van der Waals surface area contributed by atoms with Crippen LogP contribution in [0.5, 0.6) is 5.75 Å². The quantitative estimate of drug-likeness (QED) is 0.639. The summed E-state index contributed by atoms with van der Waals surface area (Å²) >= 11 is 0. The SMILES string of the molecule is Nc1ccc2nc(S(=O)(=O)Cc3ccc(O)cc3)[nH]c2c1. The van der Waals surface area contributed by atoms with Crippen LogP contribution in [0, 0.1) is 0 Å². The van der Waals surface area contributed by atoms with Crippen molar-refractivity contribution in [3.8, 4) is 5.75 Å². The van der Waals surface area contributed by atoms with Gasteiger partial charge in [0.15, 0.2) is 0 Å². The molecule has 0 aliphatic rings. The van der Waals surface area contributed by atoms with Gasteiger partial charge in [0.25, 0.3) is 0 Å². The van der Waals surface area contributed by atoms with Crippen LogP contribution in [0.25, 0.3) is 11.0 Å². The van der Waals surface area contributed by atoms with Gasteiger partial charge in [-0.15, -0.1) is 0 Å². The molecule has 0 saturated carbocycles. The van der Waals surface area contributed by atoms with E-state index >= 15 is 0 Å². The molecule has 1 aromatic heterocycles. The molecule has 0 radical (unpaired) electrons. The van der Waals surface area contributed by atoms with Crippen molar-refractivity contribution >= 4 is 26.6 Å². The molecule has 0 atom stereocenters. The number of H-pyrrole nitrogens is 1. The lowest BCUT2D eigenvalue weighted by molar-refractivity contribution is 0.475. The number of sulfone groups is 1. The summed E-state index contributed by atoms with van der Waals surface area (Å²) in [6, 6.07) is 11.0. The number of hydrogen-bond donors (Lipinski definition) is 3. The van der Waals surface area contributed by atoms with E-state index in [0.717, 1.165) is 0 Å². The standard InChI is InChI=1S/C14H13N3O3S/c15-10-3-6-12-13(7-10)17-14(16-12)21(19,20)8-9-1-4-11(18)5-2-9/h1-7,18H,8,15H2,(H,16,17). The molecule has 0 bridgehead atoms. The minimum absolute atomic E-state index is 0.0869. The Morgan fingerprint density at radius 3 is 2.57 bits per heavy atom. The number of anilines is 1. The number of imidazole rings is 1. The van der Waals surface area contributed by atoms with Crippen LogP contribution >= 0.6 is 0 Å². The molecule has 1 heterocycles.